The van der Waals surface area contributed by atoms with Gasteiger partial charge in [-0.05, 0) is 36.1 Å². The van der Waals surface area contributed by atoms with E-state index in [1.165, 1.54) is 24.0 Å². The fraction of sp³-hybridized carbons (Fsp3) is 0.118. The number of nitro benzene ring substituents is 1. The van der Waals surface area contributed by atoms with Gasteiger partial charge in [-0.25, -0.2) is 0 Å². The van der Waals surface area contributed by atoms with E-state index < -0.39 is 4.92 Å². The Bertz CT molecular complexity index is 956. The van der Waals surface area contributed by atoms with Crippen molar-refractivity contribution in [1.82, 2.24) is 14.9 Å². The maximum atomic E-state index is 11.2. The first-order valence-electron chi connectivity index (χ1n) is 7.72. The smallest absolute Gasteiger partial charge is 0.258 e. The molecule has 0 fully saturated rings. The minimum atomic E-state index is -0.435. The van der Waals surface area contributed by atoms with Crippen LogP contribution in [0.5, 0.6) is 0 Å². The highest BCUT2D eigenvalue weighted by molar-refractivity contribution is 7.99. The van der Waals surface area contributed by atoms with Crippen molar-refractivity contribution >= 4 is 35.3 Å². The average Bonchev–Trinajstić information content (AvgIpc) is 3.04. The molecule has 26 heavy (non-hydrogen) atoms. The first kappa shape index (κ1) is 18.1. The highest BCUT2D eigenvalue weighted by Gasteiger charge is 2.15. The highest BCUT2D eigenvalue weighted by atomic mass is 35.5. The SMILES string of the molecule is CCSc1nnc(-c2ccc(Cl)cc2)n1N=Cc1ccccc1[N+](=O)[O-]. The Morgan fingerprint density at radius 2 is 1.96 bits per heavy atom. The van der Waals surface area contributed by atoms with E-state index in [9.17, 15) is 10.1 Å². The molecule has 0 radical (unpaired) electrons. The average molecular weight is 388 g/mol. The number of rotatable bonds is 6. The largest absolute Gasteiger partial charge is 0.278 e. The van der Waals surface area contributed by atoms with E-state index in [0.29, 0.717) is 21.6 Å². The van der Waals surface area contributed by atoms with Crippen molar-refractivity contribution in [2.45, 2.75) is 12.1 Å². The molecule has 0 amide bonds. The molecule has 0 saturated carbocycles. The fourth-order valence-corrected chi connectivity index (χ4v) is 2.99. The zero-order valence-electron chi connectivity index (χ0n) is 13.7. The summed E-state index contributed by atoms with van der Waals surface area (Å²) in [4.78, 5) is 10.7. The molecule has 9 heteroatoms. The number of halogens is 1. The molecule has 7 nitrogen and oxygen atoms in total. The van der Waals surface area contributed by atoms with E-state index in [-0.39, 0.29) is 5.69 Å². The van der Waals surface area contributed by atoms with Gasteiger partial charge in [-0.3, -0.25) is 10.1 Å². The Balaban J connectivity index is 2.05. The van der Waals surface area contributed by atoms with Crippen LogP contribution in [0.25, 0.3) is 11.4 Å². The molecule has 132 valence electrons. The summed E-state index contributed by atoms with van der Waals surface area (Å²) in [5, 5.41) is 25.2. The van der Waals surface area contributed by atoms with E-state index in [1.807, 2.05) is 19.1 Å². The number of aromatic nitrogens is 3. The van der Waals surface area contributed by atoms with Crippen molar-refractivity contribution in [2.75, 3.05) is 5.75 Å². The number of hydrogen-bond donors (Lipinski definition) is 0. The van der Waals surface area contributed by atoms with Crippen LogP contribution in [0, 0.1) is 10.1 Å². The summed E-state index contributed by atoms with van der Waals surface area (Å²) in [6.45, 7) is 2.00. The van der Waals surface area contributed by atoms with Crippen molar-refractivity contribution in [3.63, 3.8) is 0 Å². The first-order valence-corrected chi connectivity index (χ1v) is 9.08. The Morgan fingerprint density at radius 1 is 1.23 bits per heavy atom. The summed E-state index contributed by atoms with van der Waals surface area (Å²) in [5.74, 6) is 1.33. The molecule has 0 spiro atoms. The Kier molecular flexibility index (Phi) is 5.65. The third-order valence-electron chi connectivity index (χ3n) is 3.43. The van der Waals surface area contributed by atoms with Crippen LogP contribution >= 0.6 is 23.4 Å². The lowest BCUT2D eigenvalue weighted by Crippen LogP contribution is -1.99. The van der Waals surface area contributed by atoms with Crippen LogP contribution in [0.3, 0.4) is 0 Å². The minimum Gasteiger partial charge on any atom is -0.258 e. The molecule has 0 atom stereocenters. The second-order valence-corrected chi connectivity index (χ2v) is 6.79. The predicted molar refractivity (Wildman–Crippen MR) is 103 cm³/mol. The van der Waals surface area contributed by atoms with Gasteiger partial charge in [0.2, 0.25) is 5.16 Å². The Hall–Kier alpha value is -2.71. The first-order chi connectivity index (χ1) is 12.6. The van der Waals surface area contributed by atoms with Crippen LogP contribution in [0.2, 0.25) is 5.02 Å². The third-order valence-corrected chi connectivity index (χ3v) is 4.49. The summed E-state index contributed by atoms with van der Waals surface area (Å²) in [6.07, 6.45) is 1.45. The molecule has 0 bridgehead atoms. The van der Waals surface area contributed by atoms with Gasteiger partial charge in [0.25, 0.3) is 5.69 Å². The molecule has 1 aromatic heterocycles. The summed E-state index contributed by atoms with van der Waals surface area (Å²) in [5.41, 5.74) is 1.19. The van der Waals surface area contributed by atoms with Crippen LogP contribution in [0.15, 0.2) is 58.8 Å². The van der Waals surface area contributed by atoms with E-state index in [1.54, 1.807) is 35.0 Å². The van der Waals surface area contributed by atoms with Crippen molar-refractivity contribution in [3.05, 3.63) is 69.2 Å². The molecule has 2 aromatic carbocycles. The van der Waals surface area contributed by atoms with Crippen molar-refractivity contribution < 1.29 is 4.92 Å². The Morgan fingerprint density at radius 3 is 2.65 bits per heavy atom. The van der Waals surface area contributed by atoms with Crippen molar-refractivity contribution in [2.24, 2.45) is 5.10 Å². The quantitative estimate of drug-likeness (QED) is 0.269. The normalized spacial score (nSPS) is 11.2. The second-order valence-electron chi connectivity index (χ2n) is 5.12. The van der Waals surface area contributed by atoms with E-state index in [0.717, 1.165) is 11.3 Å². The monoisotopic (exact) mass is 387 g/mol. The van der Waals surface area contributed by atoms with Gasteiger partial charge in [0.05, 0.1) is 16.7 Å². The molecule has 3 aromatic rings. The number of para-hydroxylation sites is 1. The molecular weight excluding hydrogens is 374 g/mol. The summed E-state index contributed by atoms with van der Waals surface area (Å²) in [7, 11) is 0. The zero-order chi connectivity index (χ0) is 18.5. The van der Waals surface area contributed by atoms with Gasteiger partial charge in [0, 0.05) is 16.7 Å². The lowest BCUT2D eigenvalue weighted by atomic mass is 10.2. The third kappa shape index (κ3) is 3.92. The molecule has 0 aliphatic heterocycles. The van der Waals surface area contributed by atoms with Gasteiger partial charge in [-0.2, -0.15) is 9.78 Å². The minimum absolute atomic E-state index is 0.0120. The van der Waals surface area contributed by atoms with E-state index >= 15 is 0 Å². The number of benzene rings is 2. The summed E-state index contributed by atoms with van der Waals surface area (Å²) in [6, 6.07) is 13.6. The molecule has 0 N–H and O–H groups in total. The predicted octanol–water partition coefficient (Wildman–Crippen LogP) is 4.50. The standard InChI is InChI=1S/C17H14ClN5O2S/c1-2-26-17-21-20-16(12-7-9-14(18)10-8-12)22(17)19-11-13-5-3-4-6-15(13)23(24)25/h3-11H,2H2,1H3. The Labute approximate surface area is 158 Å². The van der Waals surface area contributed by atoms with Gasteiger partial charge in [0.1, 0.15) is 0 Å². The molecular formula is C17H14ClN5O2S. The topological polar surface area (TPSA) is 86.2 Å². The van der Waals surface area contributed by atoms with Crippen LogP contribution in [-0.4, -0.2) is 31.8 Å². The number of hydrogen-bond acceptors (Lipinski definition) is 6. The maximum Gasteiger partial charge on any atom is 0.278 e. The lowest BCUT2D eigenvalue weighted by molar-refractivity contribution is -0.385. The van der Waals surface area contributed by atoms with Gasteiger partial charge in [-0.1, -0.05) is 42.4 Å². The molecule has 3 rings (SSSR count). The molecule has 1 heterocycles. The molecule has 0 saturated heterocycles. The van der Waals surface area contributed by atoms with Crippen LogP contribution in [-0.2, 0) is 0 Å². The number of nitro groups is 1. The maximum absolute atomic E-state index is 11.2. The zero-order valence-corrected chi connectivity index (χ0v) is 15.3. The molecule has 0 aliphatic carbocycles. The number of thioether (sulfide) groups is 1. The van der Waals surface area contributed by atoms with Crippen molar-refractivity contribution in [1.29, 1.82) is 0 Å². The highest BCUT2D eigenvalue weighted by Crippen LogP contribution is 2.25. The molecule has 0 unspecified atom stereocenters. The van der Waals surface area contributed by atoms with Crippen LogP contribution in [0.1, 0.15) is 12.5 Å². The fourth-order valence-electron chi connectivity index (χ4n) is 2.25. The van der Waals surface area contributed by atoms with Gasteiger partial charge >= 0.3 is 0 Å². The number of nitrogens with zero attached hydrogens (tertiary/aromatic N) is 5. The lowest BCUT2D eigenvalue weighted by Gasteiger charge is -2.04. The van der Waals surface area contributed by atoms with Gasteiger partial charge < -0.3 is 0 Å². The van der Waals surface area contributed by atoms with Crippen LogP contribution < -0.4 is 0 Å². The van der Waals surface area contributed by atoms with Crippen LogP contribution in [0.4, 0.5) is 5.69 Å². The second kappa shape index (κ2) is 8.11. The summed E-state index contributed by atoms with van der Waals surface area (Å²) >= 11 is 7.42. The van der Waals surface area contributed by atoms with Crippen molar-refractivity contribution in [3.8, 4) is 11.4 Å². The van der Waals surface area contributed by atoms with Gasteiger partial charge in [0.15, 0.2) is 5.82 Å². The van der Waals surface area contributed by atoms with E-state index in [4.69, 9.17) is 11.6 Å². The molecule has 0 aliphatic rings. The summed E-state index contributed by atoms with van der Waals surface area (Å²) < 4.78 is 1.58. The van der Waals surface area contributed by atoms with Gasteiger partial charge in [-0.15, -0.1) is 10.2 Å². The van der Waals surface area contributed by atoms with E-state index in [2.05, 4.69) is 15.3 Å².